The molecule has 1 aromatic carbocycles. The number of imidazole rings is 1. The number of hydrogen-bond acceptors (Lipinski definition) is 3. The Morgan fingerprint density at radius 3 is 2.81 bits per heavy atom. The maximum atomic E-state index is 14.0. The SMILES string of the molecule is COc1ccc(F)c(Nc2nc(C)cn2C2CCCC2)c1. The van der Waals surface area contributed by atoms with Gasteiger partial charge in [0.15, 0.2) is 0 Å². The summed E-state index contributed by atoms with van der Waals surface area (Å²) < 4.78 is 21.2. The van der Waals surface area contributed by atoms with Crippen LogP contribution >= 0.6 is 0 Å². The largest absolute Gasteiger partial charge is 0.497 e. The van der Waals surface area contributed by atoms with E-state index in [0.717, 1.165) is 18.5 Å². The molecular formula is C16H20FN3O. The van der Waals surface area contributed by atoms with Crippen molar-refractivity contribution in [3.05, 3.63) is 35.9 Å². The highest BCUT2D eigenvalue weighted by Gasteiger charge is 2.20. The van der Waals surface area contributed by atoms with E-state index in [-0.39, 0.29) is 5.82 Å². The third-order valence-electron chi connectivity index (χ3n) is 3.99. The van der Waals surface area contributed by atoms with E-state index in [1.807, 2.05) is 13.1 Å². The zero-order valence-corrected chi connectivity index (χ0v) is 12.4. The van der Waals surface area contributed by atoms with Crippen molar-refractivity contribution in [2.24, 2.45) is 0 Å². The fourth-order valence-electron chi connectivity index (χ4n) is 2.92. The van der Waals surface area contributed by atoms with Gasteiger partial charge in [-0.15, -0.1) is 0 Å². The summed E-state index contributed by atoms with van der Waals surface area (Å²) in [5.74, 6) is 1.01. The molecule has 1 aromatic heterocycles. The van der Waals surface area contributed by atoms with Gasteiger partial charge in [0.05, 0.1) is 18.5 Å². The second-order valence-electron chi connectivity index (χ2n) is 5.52. The van der Waals surface area contributed by atoms with Gasteiger partial charge in [-0.05, 0) is 31.9 Å². The number of methoxy groups -OCH3 is 1. The van der Waals surface area contributed by atoms with Crippen molar-refractivity contribution in [2.75, 3.05) is 12.4 Å². The summed E-state index contributed by atoms with van der Waals surface area (Å²) in [6.45, 7) is 1.96. The molecule has 0 amide bonds. The van der Waals surface area contributed by atoms with Gasteiger partial charge < -0.3 is 14.6 Å². The molecule has 1 heterocycles. The standard InChI is InChI=1S/C16H20FN3O/c1-11-10-20(12-5-3-4-6-12)16(18-11)19-15-9-13(21-2)7-8-14(15)17/h7-10,12H,3-6H2,1-2H3,(H,18,19). The molecule has 1 fully saturated rings. The van der Waals surface area contributed by atoms with Crippen LogP contribution in [0.4, 0.5) is 16.0 Å². The first-order chi connectivity index (χ1) is 10.2. The molecule has 0 bridgehead atoms. The van der Waals surface area contributed by atoms with Gasteiger partial charge in [0, 0.05) is 18.3 Å². The van der Waals surface area contributed by atoms with Gasteiger partial charge in [-0.25, -0.2) is 9.37 Å². The van der Waals surface area contributed by atoms with Gasteiger partial charge in [-0.3, -0.25) is 0 Å². The van der Waals surface area contributed by atoms with Crippen molar-refractivity contribution in [1.29, 1.82) is 0 Å². The normalized spacial score (nSPS) is 15.4. The van der Waals surface area contributed by atoms with E-state index < -0.39 is 0 Å². The molecule has 0 atom stereocenters. The lowest BCUT2D eigenvalue weighted by molar-refractivity contribution is 0.414. The van der Waals surface area contributed by atoms with Crippen LogP contribution in [-0.4, -0.2) is 16.7 Å². The smallest absolute Gasteiger partial charge is 0.207 e. The molecule has 1 saturated carbocycles. The minimum Gasteiger partial charge on any atom is -0.497 e. The molecule has 0 radical (unpaired) electrons. The average Bonchev–Trinajstić information content (AvgIpc) is 3.10. The van der Waals surface area contributed by atoms with E-state index in [4.69, 9.17) is 4.74 Å². The third-order valence-corrected chi connectivity index (χ3v) is 3.99. The predicted octanol–water partition coefficient (Wildman–Crippen LogP) is 4.20. The Morgan fingerprint density at radius 2 is 2.10 bits per heavy atom. The molecule has 0 aliphatic heterocycles. The molecule has 0 unspecified atom stereocenters. The summed E-state index contributed by atoms with van der Waals surface area (Å²) >= 11 is 0. The van der Waals surface area contributed by atoms with Crippen LogP contribution in [0.3, 0.4) is 0 Å². The van der Waals surface area contributed by atoms with Gasteiger partial charge in [0.1, 0.15) is 11.6 Å². The summed E-state index contributed by atoms with van der Waals surface area (Å²) in [4.78, 5) is 4.49. The minimum absolute atomic E-state index is 0.311. The van der Waals surface area contributed by atoms with Crippen molar-refractivity contribution in [2.45, 2.75) is 38.6 Å². The van der Waals surface area contributed by atoms with Gasteiger partial charge >= 0.3 is 0 Å². The van der Waals surface area contributed by atoms with E-state index in [9.17, 15) is 4.39 Å². The lowest BCUT2D eigenvalue weighted by Crippen LogP contribution is -2.08. The fraction of sp³-hybridized carbons (Fsp3) is 0.438. The maximum Gasteiger partial charge on any atom is 0.207 e. The minimum atomic E-state index is -0.311. The van der Waals surface area contributed by atoms with Crippen molar-refractivity contribution in [1.82, 2.24) is 9.55 Å². The molecule has 0 spiro atoms. The van der Waals surface area contributed by atoms with Crippen molar-refractivity contribution in [3.8, 4) is 5.75 Å². The summed E-state index contributed by atoms with van der Waals surface area (Å²) in [7, 11) is 1.57. The van der Waals surface area contributed by atoms with Crippen LogP contribution in [0.5, 0.6) is 5.75 Å². The lowest BCUT2D eigenvalue weighted by Gasteiger charge is -2.16. The Labute approximate surface area is 124 Å². The van der Waals surface area contributed by atoms with E-state index in [1.54, 1.807) is 19.2 Å². The monoisotopic (exact) mass is 289 g/mol. The third kappa shape index (κ3) is 2.86. The van der Waals surface area contributed by atoms with E-state index in [0.29, 0.717) is 23.4 Å². The first-order valence-electron chi connectivity index (χ1n) is 7.33. The summed E-state index contributed by atoms with van der Waals surface area (Å²) in [5, 5.41) is 3.11. The highest BCUT2D eigenvalue weighted by Crippen LogP contribution is 2.33. The molecule has 2 aromatic rings. The quantitative estimate of drug-likeness (QED) is 0.917. The number of aromatic nitrogens is 2. The van der Waals surface area contributed by atoms with E-state index in [2.05, 4.69) is 14.9 Å². The van der Waals surface area contributed by atoms with E-state index in [1.165, 1.54) is 18.9 Å². The predicted molar refractivity (Wildman–Crippen MR) is 80.7 cm³/mol. The van der Waals surface area contributed by atoms with Gasteiger partial charge in [-0.1, -0.05) is 12.8 Å². The number of hydrogen-bond donors (Lipinski definition) is 1. The molecule has 3 rings (SSSR count). The summed E-state index contributed by atoms with van der Waals surface area (Å²) in [5.41, 5.74) is 1.33. The number of aryl methyl sites for hydroxylation is 1. The van der Waals surface area contributed by atoms with Crippen LogP contribution < -0.4 is 10.1 Å². The van der Waals surface area contributed by atoms with Gasteiger partial charge in [-0.2, -0.15) is 0 Å². The van der Waals surface area contributed by atoms with Gasteiger partial charge in [0.25, 0.3) is 0 Å². The number of rotatable bonds is 4. The number of nitrogens with one attached hydrogen (secondary N) is 1. The van der Waals surface area contributed by atoms with Crippen LogP contribution in [0.25, 0.3) is 0 Å². The van der Waals surface area contributed by atoms with Crippen molar-refractivity contribution in [3.63, 3.8) is 0 Å². The Hall–Kier alpha value is -2.04. The molecule has 0 saturated heterocycles. The number of nitrogens with zero attached hydrogens (tertiary/aromatic N) is 2. The second kappa shape index (κ2) is 5.76. The Balaban J connectivity index is 1.91. The first-order valence-corrected chi connectivity index (χ1v) is 7.33. The molecule has 1 N–H and O–H groups in total. The zero-order valence-electron chi connectivity index (χ0n) is 12.4. The van der Waals surface area contributed by atoms with Crippen LogP contribution in [0.2, 0.25) is 0 Å². The Kier molecular flexibility index (Phi) is 3.82. The maximum absolute atomic E-state index is 14.0. The molecule has 112 valence electrons. The van der Waals surface area contributed by atoms with Gasteiger partial charge in [0.2, 0.25) is 5.95 Å². The number of ether oxygens (including phenoxy) is 1. The van der Waals surface area contributed by atoms with Crippen LogP contribution in [0.15, 0.2) is 24.4 Å². The molecular weight excluding hydrogens is 269 g/mol. The van der Waals surface area contributed by atoms with Crippen LogP contribution in [0, 0.1) is 12.7 Å². The average molecular weight is 289 g/mol. The van der Waals surface area contributed by atoms with Crippen LogP contribution in [0.1, 0.15) is 37.4 Å². The lowest BCUT2D eigenvalue weighted by atomic mass is 10.2. The molecule has 5 heteroatoms. The first kappa shape index (κ1) is 13.9. The highest BCUT2D eigenvalue weighted by molar-refractivity contribution is 5.57. The zero-order chi connectivity index (χ0) is 14.8. The number of benzene rings is 1. The van der Waals surface area contributed by atoms with Crippen molar-refractivity contribution >= 4 is 11.6 Å². The molecule has 21 heavy (non-hydrogen) atoms. The second-order valence-corrected chi connectivity index (χ2v) is 5.52. The summed E-state index contributed by atoms with van der Waals surface area (Å²) in [6.07, 6.45) is 6.84. The molecule has 1 aliphatic rings. The number of anilines is 2. The Morgan fingerprint density at radius 1 is 1.33 bits per heavy atom. The fourth-order valence-corrected chi connectivity index (χ4v) is 2.92. The number of halogens is 1. The van der Waals surface area contributed by atoms with E-state index >= 15 is 0 Å². The topological polar surface area (TPSA) is 39.1 Å². The summed E-state index contributed by atoms with van der Waals surface area (Å²) in [6, 6.07) is 5.12. The van der Waals surface area contributed by atoms with Crippen molar-refractivity contribution < 1.29 is 9.13 Å². The Bertz CT molecular complexity index is 632. The highest BCUT2D eigenvalue weighted by atomic mass is 19.1. The molecule has 1 aliphatic carbocycles. The molecule has 4 nitrogen and oxygen atoms in total. The van der Waals surface area contributed by atoms with Crippen LogP contribution in [-0.2, 0) is 0 Å².